The summed E-state index contributed by atoms with van der Waals surface area (Å²) in [5.41, 5.74) is -12.1. The highest BCUT2D eigenvalue weighted by atomic mass is 32.1. The Labute approximate surface area is 208 Å². The molecule has 0 amide bonds. The Balaban J connectivity index is 2.17. The van der Waals surface area contributed by atoms with Crippen LogP contribution < -0.4 is 0 Å². The Bertz CT molecular complexity index is 906. The highest BCUT2D eigenvalue weighted by Gasteiger charge is 3.00. The molecule has 0 aromatic carbocycles. The van der Waals surface area contributed by atoms with Crippen molar-refractivity contribution in [1.82, 2.24) is 0 Å². The zero-order valence-electron chi connectivity index (χ0n) is 19.7. The van der Waals surface area contributed by atoms with Gasteiger partial charge in [0.2, 0.25) is 0 Å². The second-order valence-corrected chi connectivity index (χ2v) is 11.2. The van der Waals surface area contributed by atoms with Gasteiger partial charge in [0.05, 0.1) is 0 Å². The molecule has 1 aliphatic carbocycles. The number of halogens is 8. The van der Waals surface area contributed by atoms with Gasteiger partial charge in [0, 0.05) is 20.9 Å². The number of hydrogen-bond acceptors (Lipinski definition) is 2. The van der Waals surface area contributed by atoms with E-state index in [2.05, 4.69) is 0 Å². The Hall–Kier alpha value is -1.16. The van der Waals surface area contributed by atoms with Crippen molar-refractivity contribution in [3.63, 3.8) is 0 Å². The standard InChI is InChI=1S/C25H30F8S2/c1-3-5-7-9-11-19-17(13-15-34-19)21(26)22(27,24(30,31)25(32,33)23(21,28)29)18-14-16-35-20(18)12-10-8-6-4-2/h13-16H,3-12H2,1-2H3. The van der Waals surface area contributed by atoms with E-state index < -0.39 is 40.2 Å². The molecule has 0 radical (unpaired) electrons. The van der Waals surface area contributed by atoms with Crippen molar-refractivity contribution in [2.75, 3.05) is 0 Å². The number of unbranched alkanes of at least 4 members (excludes halogenated alkanes) is 6. The van der Waals surface area contributed by atoms with Gasteiger partial charge < -0.3 is 0 Å². The van der Waals surface area contributed by atoms with Gasteiger partial charge in [0.1, 0.15) is 0 Å². The molecular weight excluding hydrogens is 516 g/mol. The fraction of sp³-hybridized carbons (Fsp3) is 0.680. The number of rotatable bonds is 12. The van der Waals surface area contributed by atoms with Crippen molar-refractivity contribution in [1.29, 1.82) is 0 Å². The zero-order chi connectivity index (χ0) is 26.1. The van der Waals surface area contributed by atoms with E-state index in [0.29, 0.717) is 25.7 Å². The first-order chi connectivity index (χ1) is 16.4. The predicted molar refractivity (Wildman–Crippen MR) is 125 cm³/mol. The second kappa shape index (κ2) is 10.3. The van der Waals surface area contributed by atoms with Crippen molar-refractivity contribution in [3.05, 3.63) is 43.8 Å². The van der Waals surface area contributed by atoms with E-state index in [0.717, 1.165) is 71.2 Å². The van der Waals surface area contributed by atoms with E-state index in [4.69, 9.17) is 0 Å². The lowest BCUT2D eigenvalue weighted by molar-refractivity contribution is -0.293. The summed E-state index contributed by atoms with van der Waals surface area (Å²) in [5, 5.41) is 2.33. The molecule has 2 aromatic rings. The van der Waals surface area contributed by atoms with Gasteiger partial charge in [-0.15, -0.1) is 22.7 Å². The van der Waals surface area contributed by atoms with Crippen molar-refractivity contribution in [2.45, 2.75) is 107 Å². The molecule has 1 fully saturated rings. The maximum Gasteiger partial charge on any atom is 0.379 e. The molecule has 2 atom stereocenters. The molecular formula is C25H30F8S2. The first-order valence-corrected chi connectivity index (χ1v) is 13.8. The van der Waals surface area contributed by atoms with Crippen LogP contribution in [0.1, 0.15) is 86.1 Å². The maximum atomic E-state index is 16.6. The maximum absolute atomic E-state index is 16.6. The highest BCUT2D eigenvalue weighted by Crippen LogP contribution is 2.76. The van der Waals surface area contributed by atoms with Gasteiger partial charge in [-0.3, -0.25) is 0 Å². The number of alkyl halides is 8. The smallest absolute Gasteiger partial charge is 0.227 e. The number of aryl methyl sites for hydroxylation is 2. The molecule has 10 heteroatoms. The molecule has 0 saturated heterocycles. The summed E-state index contributed by atoms with van der Waals surface area (Å²) in [6, 6.07) is 1.51. The molecule has 0 bridgehead atoms. The van der Waals surface area contributed by atoms with E-state index in [1.165, 1.54) is 0 Å². The minimum absolute atomic E-state index is 0.00941. The SMILES string of the molecule is CCCCCCc1sccc1C1(F)C(F)(F)C(F)(F)C(F)(F)C1(F)c1ccsc1CCCCCC. The van der Waals surface area contributed by atoms with Gasteiger partial charge in [-0.25, -0.2) is 8.78 Å². The van der Waals surface area contributed by atoms with Gasteiger partial charge in [0.25, 0.3) is 11.3 Å². The van der Waals surface area contributed by atoms with Gasteiger partial charge in [-0.1, -0.05) is 52.4 Å². The molecule has 0 spiro atoms. The van der Waals surface area contributed by atoms with E-state index in [-0.39, 0.29) is 22.6 Å². The first-order valence-electron chi connectivity index (χ1n) is 12.0. The summed E-state index contributed by atoms with van der Waals surface area (Å²) in [6.07, 6.45) is 5.47. The molecule has 0 N–H and O–H groups in total. The summed E-state index contributed by atoms with van der Waals surface area (Å²) in [4.78, 5) is -0.225. The lowest BCUT2D eigenvalue weighted by Crippen LogP contribution is -2.53. The van der Waals surface area contributed by atoms with Crippen molar-refractivity contribution in [2.24, 2.45) is 0 Å². The fourth-order valence-electron chi connectivity index (χ4n) is 4.88. The quantitative estimate of drug-likeness (QED) is 0.184. The van der Waals surface area contributed by atoms with Crippen LogP contribution in [0.25, 0.3) is 0 Å². The van der Waals surface area contributed by atoms with Gasteiger partial charge in [-0.05, 0) is 48.6 Å². The lowest BCUT2D eigenvalue weighted by Gasteiger charge is -2.37. The average Bonchev–Trinajstić information content (AvgIpc) is 3.48. The average molecular weight is 547 g/mol. The molecule has 3 rings (SSSR count). The molecule has 0 nitrogen and oxygen atoms in total. The summed E-state index contributed by atoms with van der Waals surface area (Å²) in [6.45, 7) is 3.88. The molecule has 0 aliphatic heterocycles. The third-order valence-electron chi connectivity index (χ3n) is 6.88. The topological polar surface area (TPSA) is 0 Å². The van der Waals surface area contributed by atoms with Gasteiger partial charge >= 0.3 is 17.8 Å². The summed E-state index contributed by atoms with van der Waals surface area (Å²) in [5.74, 6) is -18.2. The molecule has 1 aliphatic rings. The zero-order valence-corrected chi connectivity index (χ0v) is 21.4. The predicted octanol–water partition coefficient (Wildman–Crippen LogP) is 10.0. The van der Waals surface area contributed by atoms with Crippen LogP contribution in [0, 0.1) is 0 Å². The largest absolute Gasteiger partial charge is 0.379 e. The fourth-order valence-corrected chi connectivity index (χ4v) is 6.81. The van der Waals surface area contributed by atoms with Crippen molar-refractivity contribution < 1.29 is 35.1 Å². The van der Waals surface area contributed by atoms with E-state index in [1.54, 1.807) is 0 Å². The highest BCUT2D eigenvalue weighted by molar-refractivity contribution is 7.10. The van der Waals surface area contributed by atoms with Crippen molar-refractivity contribution >= 4 is 22.7 Å². The van der Waals surface area contributed by atoms with Crippen LogP contribution in [0.15, 0.2) is 22.9 Å². The molecule has 1 saturated carbocycles. The molecule has 198 valence electrons. The normalized spacial score (nSPS) is 26.9. The minimum atomic E-state index is -6.24. The van der Waals surface area contributed by atoms with Gasteiger partial charge in [-0.2, -0.15) is 26.3 Å². The van der Waals surface area contributed by atoms with Crippen LogP contribution in [0.3, 0.4) is 0 Å². The van der Waals surface area contributed by atoms with Crippen LogP contribution >= 0.6 is 22.7 Å². The number of thiophene rings is 2. The van der Waals surface area contributed by atoms with Crippen LogP contribution in [0.4, 0.5) is 35.1 Å². The summed E-state index contributed by atoms with van der Waals surface area (Å²) >= 11 is 1.58. The summed E-state index contributed by atoms with van der Waals surface area (Å²) < 4.78 is 123. The monoisotopic (exact) mass is 546 g/mol. The van der Waals surface area contributed by atoms with Crippen LogP contribution in [0.2, 0.25) is 0 Å². The van der Waals surface area contributed by atoms with E-state index >= 15 is 26.3 Å². The number of hydrogen-bond donors (Lipinski definition) is 0. The Morgan fingerprint density at radius 1 is 0.543 bits per heavy atom. The van der Waals surface area contributed by atoms with E-state index in [9.17, 15) is 8.78 Å². The molecule has 2 heterocycles. The molecule has 2 unspecified atom stereocenters. The lowest BCUT2D eigenvalue weighted by atomic mass is 9.75. The van der Waals surface area contributed by atoms with Crippen LogP contribution in [-0.4, -0.2) is 17.8 Å². The second-order valence-electron chi connectivity index (χ2n) is 9.18. The Morgan fingerprint density at radius 3 is 1.26 bits per heavy atom. The summed E-state index contributed by atoms with van der Waals surface area (Å²) in [7, 11) is 0. The Kier molecular flexibility index (Phi) is 8.37. The van der Waals surface area contributed by atoms with E-state index in [1.807, 2.05) is 13.8 Å². The molecule has 35 heavy (non-hydrogen) atoms. The third-order valence-corrected chi connectivity index (χ3v) is 8.84. The first kappa shape index (κ1) is 28.4. The Morgan fingerprint density at radius 2 is 0.914 bits per heavy atom. The minimum Gasteiger partial charge on any atom is -0.227 e. The molecule has 2 aromatic heterocycles. The van der Waals surface area contributed by atoms with Crippen molar-refractivity contribution in [3.8, 4) is 0 Å². The van der Waals surface area contributed by atoms with Crippen LogP contribution in [-0.2, 0) is 24.2 Å². The van der Waals surface area contributed by atoms with Gasteiger partial charge in [0.15, 0.2) is 0 Å². The third kappa shape index (κ3) is 4.05. The van der Waals surface area contributed by atoms with Crippen LogP contribution in [0.5, 0.6) is 0 Å².